The quantitative estimate of drug-likeness (QED) is 0.581. The van der Waals surface area contributed by atoms with Gasteiger partial charge in [0.15, 0.2) is 0 Å². The average molecular weight is 207 g/mol. The van der Waals surface area contributed by atoms with Crippen LogP contribution in [-0.2, 0) is 14.3 Å². The SMILES string of the molecule is O=C1[C@@H]2[C@H](C(=O)N1C1CC1)[C@@H]1CC[C@H]2O1. The fourth-order valence-corrected chi connectivity index (χ4v) is 3.43. The number of hydrogen-bond donors (Lipinski definition) is 0. The van der Waals surface area contributed by atoms with E-state index in [0.29, 0.717) is 0 Å². The van der Waals surface area contributed by atoms with E-state index in [1.54, 1.807) is 4.90 Å². The van der Waals surface area contributed by atoms with E-state index in [4.69, 9.17) is 4.74 Å². The summed E-state index contributed by atoms with van der Waals surface area (Å²) in [4.78, 5) is 25.7. The first-order valence-corrected chi connectivity index (χ1v) is 5.80. The minimum Gasteiger partial charge on any atom is -0.373 e. The summed E-state index contributed by atoms with van der Waals surface area (Å²) < 4.78 is 5.66. The summed E-state index contributed by atoms with van der Waals surface area (Å²) in [6, 6.07) is 0.231. The molecule has 4 aliphatic rings. The van der Waals surface area contributed by atoms with Gasteiger partial charge in [-0.3, -0.25) is 14.5 Å². The second-order valence-corrected chi connectivity index (χ2v) is 5.12. The molecule has 2 bridgehead atoms. The van der Waals surface area contributed by atoms with Crippen molar-refractivity contribution in [1.29, 1.82) is 0 Å². The van der Waals surface area contributed by atoms with Gasteiger partial charge in [0, 0.05) is 6.04 Å². The molecule has 2 amide bonds. The van der Waals surface area contributed by atoms with Gasteiger partial charge in [0.25, 0.3) is 0 Å². The van der Waals surface area contributed by atoms with E-state index in [9.17, 15) is 9.59 Å². The Bertz CT molecular complexity index is 335. The fraction of sp³-hybridized carbons (Fsp3) is 0.818. The highest BCUT2D eigenvalue weighted by atomic mass is 16.5. The van der Waals surface area contributed by atoms with E-state index in [0.717, 1.165) is 25.7 Å². The van der Waals surface area contributed by atoms with E-state index in [1.165, 1.54) is 0 Å². The number of likely N-dealkylation sites (tertiary alicyclic amines) is 1. The lowest BCUT2D eigenvalue weighted by molar-refractivity contribution is -0.143. The van der Waals surface area contributed by atoms with E-state index in [-0.39, 0.29) is 41.9 Å². The highest BCUT2D eigenvalue weighted by Crippen LogP contribution is 2.50. The van der Waals surface area contributed by atoms with Crippen LogP contribution in [0.2, 0.25) is 0 Å². The molecule has 0 aromatic rings. The van der Waals surface area contributed by atoms with Crippen LogP contribution in [-0.4, -0.2) is 35.0 Å². The molecule has 0 aromatic heterocycles. The molecule has 3 saturated heterocycles. The lowest BCUT2D eigenvalue weighted by atomic mass is 9.81. The number of hydrogen-bond acceptors (Lipinski definition) is 3. The largest absolute Gasteiger partial charge is 0.373 e. The average Bonchev–Trinajstić information content (AvgIpc) is 2.75. The zero-order valence-electron chi connectivity index (χ0n) is 8.39. The van der Waals surface area contributed by atoms with Gasteiger partial charge in [0.1, 0.15) is 0 Å². The van der Waals surface area contributed by atoms with Crippen LogP contribution in [0.4, 0.5) is 0 Å². The predicted octanol–water partition coefficient (Wildman–Crippen LogP) is 0.311. The van der Waals surface area contributed by atoms with E-state index in [2.05, 4.69) is 0 Å². The Morgan fingerprint density at radius 2 is 1.47 bits per heavy atom. The normalized spacial score (nSPS) is 47.9. The number of amides is 2. The lowest BCUT2D eigenvalue weighted by Crippen LogP contribution is -2.35. The third-order valence-corrected chi connectivity index (χ3v) is 4.23. The Kier molecular flexibility index (Phi) is 1.34. The molecule has 15 heavy (non-hydrogen) atoms. The number of fused-ring (bicyclic) bond motifs is 5. The summed E-state index contributed by atoms with van der Waals surface area (Å²) in [5.74, 6) is -0.145. The van der Waals surface area contributed by atoms with Crippen LogP contribution in [0.25, 0.3) is 0 Å². The molecule has 0 radical (unpaired) electrons. The Hall–Kier alpha value is -0.900. The zero-order chi connectivity index (χ0) is 10.2. The lowest BCUT2D eigenvalue weighted by Gasteiger charge is -2.16. The van der Waals surface area contributed by atoms with Crippen molar-refractivity contribution in [2.45, 2.75) is 43.9 Å². The standard InChI is InChI=1S/C11H13NO3/c13-10-8-6-3-4-7(15-6)9(8)11(14)12(10)5-1-2-5/h5-9H,1-4H2/t6-,7+,8+,9-. The number of ether oxygens (including phenoxy) is 1. The number of imide groups is 1. The number of carbonyl (C=O) groups is 2. The van der Waals surface area contributed by atoms with Crippen LogP contribution in [0, 0.1) is 11.8 Å². The van der Waals surface area contributed by atoms with Crippen LogP contribution >= 0.6 is 0 Å². The highest BCUT2D eigenvalue weighted by molar-refractivity contribution is 6.06. The topological polar surface area (TPSA) is 46.6 Å². The maximum atomic E-state index is 12.1. The van der Waals surface area contributed by atoms with Gasteiger partial charge < -0.3 is 4.74 Å². The molecule has 4 atom stereocenters. The van der Waals surface area contributed by atoms with Crippen molar-refractivity contribution < 1.29 is 14.3 Å². The van der Waals surface area contributed by atoms with Crippen molar-refractivity contribution in [1.82, 2.24) is 4.90 Å². The van der Waals surface area contributed by atoms with Crippen LogP contribution in [0.15, 0.2) is 0 Å². The van der Waals surface area contributed by atoms with Crippen LogP contribution < -0.4 is 0 Å². The maximum Gasteiger partial charge on any atom is 0.236 e. The Balaban J connectivity index is 1.74. The second kappa shape index (κ2) is 2.43. The molecule has 1 saturated carbocycles. The minimum absolute atomic E-state index is 0.0419. The molecule has 4 fully saturated rings. The molecule has 4 nitrogen and oxygen atoms in total. The zero-order valence-corrected chi connectivity index (χ0v) is 8.39. The first-order valence-electron chi connectivity index (χ1n) is 5.80. The van der Waals surface area contributed by atoms with Gasteiger partial charge in [-0.05, 0) is 25.7 Å². The molecular formula is C11H13NO3. The van der Waals surface area contributed by atoms with Crippen molar-refractivity contribution in [2.24, 2.45) is 11.8 Å². The molecule has 3 aliphatic heterocycles. The molecule has 0 N–H and O–H groups in total. The maximum absolute atomic E-state index is 12.1. The van der Waals surface area contributed by atoms with Crippen molar-refractivity contribution >= 4 is 11.8 Å². The van der Waals surface area contributed by atoms with Crippen LogP contribution in [0.1, 0.15) is 25.7 Å². The molecular weight excluding hydrogens is 194 g/mol. The fourth-order valence-electron chi connectivity index (χ4n) is 3.43. The summed E-state index contributed by atoms with van der Waals surface area (Å²) in [7, 11) is 0. The Morgan fingerprint density at radius 3 is 1.93 bits per heavy atom. The summed E-state index contributed by atoms with van der Waals surface area (Å²) in [6.07, 6.45) is 4.02. The minimum atomic E-state index is -0.128. The smallest absolute Gasteiger partial charge is 0.236 e. The monoisotopic (exact) mass is 207 g/mol. The third kappa shape index (κ3) is 0.869. The Morgan fingerprint density at radius 1 is 0.933 bits per heavy atom. The van der Waals surface area contributed by atoms with Crippen LogP contribution in [0.5, 0.6) is 0 Å². The van der Waals surface area contributed by atoms with E-state index in [1.807, 2.05) is 0 Å². The number of carbonyl (C=O) groups excluding carboxylic acids is 2. The molecule has 80 valence electrons. The third-order valence-electron chi connectivity index (χ3n) is 4.23. The Labute approximate surface area is 87.6 Å². The van der Waals surface area contributed by atoms with Gasteiger partial charge >= 0.3 is 0 Å². The second-order valence-electron chi connectivity index (χ2n) is 5.12. The summed E-state index contributed by atoms with van der Waals surface area (Å²) >= 11 is 0. The van der Waals surface area contributed by atoms with Gasteiger partial charge in [-0.15, -0.1) is 0 Å². The molecule has 1 aliphatic carbocycles. The number of rotatable bonds is 1. The molecule has 4 heteroatoms. The van der Waals surface area contributed by atoms with E-state index >= 15 is 0 Å². The predicted molar refractivity (Wildman–Crippen MR) is 49.8 cm³/mol. The number of nitrogens with zero attached hydrogens (tertiary/aromatic N) is 1. The molecule has 3 heterocycles. The van der Waals surface area contributed by atoms with Crippen molar-refractivity contribution in [3.05, 3.63) is 0 Å². The van der Waals surface area contributed by atoms with Crippen molar-refractivity contribution in [3.63, 3.8) is 0 Å². The molecule has 0 aromatic carbocycles. The van der Waals surface area contributed by atoms with Gasteiger partial charge in [0.05, 0.1) is 24.0 Å². The van der Waals surface area contributed by atoms with Crippen LogP contribution in [0.3, 0.4) is 0 Å². The molecule has 0 spiro atoms. The van der Waals surface area contributed by atoms with Crippen molar-refractivity contribution in [3.8, 4) is 0 Å². The van der Waals surface area contributed by atoms with Gasteiger partial charge in [-0.1, -0.05) is 0 Å². The first-order chi connectivity index (χ1) is 7.27. The van der Waals surface area contributed by atoms with E-state index < -0.39 is 0 Å². The van der Waals surface area contributed by atoms with Gasteiger partial charge in [-0.25, -0.2) is 0 Å². The van der Waals surface area contributed by atoms with Crippen molar-refractivity contribution in [2.75, 3.05) is 0 Å². The summed E-state index contributed by atoms with van der Waals surface area (Å²) in [5, 5.41) is 0. The summed E-state index contributed by atoms with van der Waals surface area (Å²) in [6.45, 7) is 0. The highest BCUT2D eigenvalue weighted by Gasteiger charge is 2.64. The summed E-state index contributed by atoms with van der Waals surface area (Å²) in [5.41, 5.74) is 0. The molecule has 0 unspecified atom stereocenters. The van der Waals surface area contributed by atoms with Gasteiger partial charge in [0.2, 0.25) is 11.8 Å². The first kappa shape index (κ1) is 8.28. The van der Waals surface area contributed by atoms with Gasteiger partial charge in [-0.2, -0.15) is 0 Å². The molecule has 4 rings (SSSR count).